The number of carbonyl (C=O) groups is 1. The third kappa shape index (κ3) is 5.44. The van der Waals surface area contributed by atoms with Crippen molar-refractivity contribution in [1.82, 2.24) is 0 Å². The average molecular weight is 439 g/mol. The second kappa shape index (κ2) is 9.22. The summed E-state index contributed by atoms with van der Waals surface area (Å²) in [6.07, 6.45) is 0.0340. The highest BCUT2D eigenvalue weighted by molar-refractivity contribution is 7.92. The van der Waals surface area contributed by atoms with Gasteiger partial charge in [-0.1, -0.05) is 23.8 Å². The summed E-state index contributed by atoms with van der Waals surface area (Å²) < 4.78 is 32.5. The molecule has 31 heavy (non-hydrogen) atoms. The van der Waals surface area contributed by atoms with Crippen molar-refractivity contribution in [3.8, 4) is 5.75 Å². The van der Waals surface area contributed by atoms with E-state index in [1.807, 2.05) is 26.8 Å². The molecule has 0 fully saturated rings. The van der Waals surface area contributed by atoms with Crippen molar-refractivity contribution >= 4 is 27.3 Å². The Bertz CT molecular complexity index is 1150. The van der Waals surface area contributed by atoms with Gasteiger partial charge in [-0.15, -0.1) is 0 Å². The average Bonchev–Trinajstić information content (AvgIpc) is 2.73. The molecule has 0 heterocycles. The number of aryl methyl sites for hydroxylation is 1. The van der Waals surface area contributed by atoms with Crippen LogP contribution in [0.4, 0.5) is 11.4 Å². The number of amides is 1. The third-order valence-electron chi connectivity index (χ3n) is 4.64. The molecule has 0 saturated carbocycles. The van der Waals surface area contributed by atoms with Crippen LogP contribution in [0.2, 0.25) is 0 Å². The molecule has 1 amide bonds. The van der Waals surface area contributed by atoms with Crippen molar-refractivity contribution in [2.45, 2.75) is 31.8 Å². The minimum Gasteiger partial charge on any atom is -0.491 e. The molecule has 0 atom stereocenters. The normalized spacial score (nSPS) is 11.3. The van der Waals surface area contributed by atoms with E-state index in [0.717, 1.165) is 5.56 Å². The van der Waals surface area contributed by atoms with E-state index >= 15 is 0 Å². The van der Waals surface area contributed by atoms with Gasteiger partial charge in [0.05, 0.1) is 16.7 Å². The second-order valence-electron chi connectivity index (χ2n) is 7.48. The topological polar surface area (TPSA) is 75.7 Å². The molecule has 0 aliphatic heterocycles. The summed E-state index contributed by atoms with van der Waals surface area (Å²) in [5.41, 5.74) is 2.48. The lowest BCUT2D eigenvalue weighted by atomic mass is 10.2. The molecule has 0 spiro atoms. The maximum Gasteiger partial charge on any atom is 0.264 e. The van der Waals surface area contributed by atoms with Crippen LogP contribution in [-0.4, -0.2) is 27.5 Å². The predicted octanol–water partition coefficient (Wildman–Crippen LogP) is 4.86. The lowest BCUT2D eigenvalue weighted by Gasteiger charge is -2.20. The molecule has 0 unspecified atom stereocenters. The van der Waals surface area contributed by atoms with Gasteiger partial charge in [0.1, 0.15) is 5.75 Å². The van der Waals surface area contributed by atoms with Crippen LogP contribution >= 0.6 is 0 Å². The van der Waals surface area contributed by atoms with Gasteiger partial charge in [0.2, 0.25) is 0 Å². The molecule has 3 aromatic carbocycles. The maximum absolute atomic E-state index is 12.8. The first-order chi connectivity index (χ1) is 14.7. The Morgan fingerprint density at radius 1 is 0.968 bits per heavy atom. The highest BCUT2D eigenvalue weighted by atomic mass is 32.2. The highest BCUT2D eigenvalue weighted by Gasteiger charge is 2.21. The summed E-state index contributed by atoms with van der Waals surface area (Å²) >= 11 is 0. The molecule has 3 aromatic rings. The fourth-order valence-electron chi connectivity index (χ4n) is 2.95. The van der Waals surface area contributed by atoms with Crippen LogP contribution in [0.15, 0.2) is 77.7 Å². The fraction of sp³-hybridized carbons (Fsp3) is 0.208. The molecule has 3 rings (SSSR count). The number of carbonyl (C=O) groups excluding carboxylic acids is 1. The lowest BCUT2D eigenvalue weighted by molar-refractivity contribution is 0.102. The van der Waals surface area contributed by atoms with Crippen molar-refractivity contribution in [1.29, 1.82) is 0 Å². The second-order valence-corrected chi connectivity index (χ2v) is 9.45. The molecule has 0 bridgehead atoms. The monoisotopic (exact) mass is 438 g/mol. The smallest absolute Gasteiger partial charge is 0.264 e. The third-order valence-corrected chi connectivity index (χ3v) is 6.44. The van der Waals surface area contributed by atoms with Crippen LogP contribution in [0.3, 0.4) is 0 Å². The molecule has 162 valence electrons. The molecular weight excluding hydrogens is 412 g/mol. The van der Waals surface area contributed by atoms with Crippen molar-refractivity contribution in [2.75, 3.05) is 16.7 Å². The predicted molar refractivity (Wildman–Crippen MR) is 123 cm³/mol. The number of nitrogens with zero attached hydrogens (tertiary/aromatic N) is 1. The zero-order chi connectivity index (χ0) is 22.6. The van der Waals surface area contributed by atoms with Crippen LogP contribution in [0.25, 0.3) is 0 Å². The molecule has 1 N–H and O–H groups in total. The minimum atomic E-state index is -3.69. The zero-order valence-corrected chi connectivity index (χ0v) is 18.8. The van der Waals surface area contributed by atoms with Crippen LogP contribution in [-0.2, 0) is 10.0 Å². The van der Waals surface area contributed by atoms with Gasteiger partial charge in [-0.05, 0) is 69.3 Å². The van der Waals surface area contributed by atoms with Gasteiger partial charge in [-0.2, -0.15) is 0 Å². The Hall–Kier alpha value is -3.32. The van der Waals surface area contributed by atoms with E-state index < -0.39 is 10.0 Å². The molecule has 7 heteroatoms. The maximum atomic E-state index is 12.8. The molecule has 0 aromatic heterocycles. The number of anilines is 2. The van der Waals surface area contributed by atoms with E-state index in [4.69, 9.17) is 4.74 Å². The van der Waals surface area contributed by atoms with E-state index in [2.05, 4.69) is 5.32 Å². The Labute approximate surface area is 183 Å². The number of hydrogen-bond acceptors (Lipinski definition) is 4. The summed E-state index contributed by atoms with van der Waals surface area (Å²) in [5.74, 6) is 0.378. The van der Waals surface area contributed by atoms with Gasteiger partial charge >= 0.3 is 0 Å². The van der Waals surface area contributed by atoms with E-state index in [0.29, 0.717) is 22.7 Å². The van der Waals surface area contributed by atoms with E-state index in [1.54, 1.807) is 66.7 Å². The van der Waals surface area contributed by atoms with Gasteiger partial charge in [0.25, 0.3) is 15.9 Å². The van der Waals surface area contributed by atoms with Crippen LogP contribution in [0.5, 0.6) is 5.75 Å². The van der Waals surface area contributed by atoms with E-state index in [1.165, 1.54) is 11.4 Å². The van der Waals surface area contributed by atoms with E-state index in [9.17, 15) is 13.2 Å². The van der Waals surface area contributed by atoms with E-state index in [-0.39, 0.29) is 16.9 Å². The highest BCUT2D eigenvalue weighted by Crippen LogP contribution is 2.24. The van der Waals surface area contributed by atoms with Gasteiger partial charge in [0, 0.05) is 24.4 Å². The number of rotatable bonds is 7. The molecule has 0 aliphatic carbocycles. The zero-order valence-electron chi connectivity index (χ0n) is 18.0. The summed E-state index contributed by atoms with van der Waals surface area (Å²) in [5, 5.41) is 2.83. The van der Waals surface area contributed by atoms with Crippen molar-refractivity contribution in [2.24, 2.45) is 0 Å². The van der Waals surface area contributed by atoms with Crippen molar-refractivity contribution in [3.63, 3.8) is 0 Å². The molecular formula is C24H26N2O4S. The van der Waals surface area contributed by atoms with Gasteiger partial charge in [-0.25, -0.2) is 8.42 Å². The van der Waals surface area contributed by atoms with Gasteiger partial charge in [0.15, 0.2) is 0 Å². The molecule has 0 radical (unpaired) electrons. The summed E-state index contributed by atoms with van der Waals surface area (Å²) in [7, 11) is -2.20. The number of ether oxygens (including phenoxy) is 1. The fourth-order valence-corrected chi connectivity index (χ4v) is 4.15. The standard InChI is InChI=1S/C24H26N2O4S/c1-17(2)30-22-7-5-6-20(16-22)25-24(27)19-10-12-21(13-11-19)26(4)31(28,29)23-14-8-18(3)9-15-23/h5-17H,1-4H3,(H,25,27). The van der Waals surface area contributed by atoms with Crippen molar-refractivity contribution in [3.05, 3.63) is 83.9 Å². The molecule has 0 aliphatic rings. The Kier molecular flexibility index (Phi) is 6.65. The van der Waals surface area contributed by atoms with Gasteiger partial charge < -0.3 is 10.1 Å². The molecule has 6 nitrogen and oxygen atoms in total. The number of sulfonamides is 1. The Morgan fingerprint density at radius 2 is 1.61 bits per heavy atom. The SMILES string of the molecule is Cc1ccc(S(=O)(=O)N(C)c2ccc(C(=O)Nc3cccc(OC(C)C)c3)cc2)cc1. The van der Waals surface area contributed by atoms with Crippen molar-refractivity contribution < 1.29 is 17.9 Å². The van der Waals surface area contributed by atoms with Crippen LogP contribution < -0.4 is 14.4 Å². The summed E-state index contributed by atoms with van der Waals surface area (Å²) in [6, 6.07) is 20.3. The van der Waals surface area contributed by atoms with Crippen LogP contribution in [0, 0.1) is 6.92 Å². The largest absolute Gasteiger partial charge is 0.491 e. The van der Waals surface area contributed by atoms with Gasteiger partial charge in [-0.3, -0.25) is 9.10 Å². The number of benzene rings is 3. The first-order valence-electron chi connectivity index (χ1n) is 9.90. The summed E-state index contributed by atoms with van der Waals surface area (Å²) in [6.45, 7) is 5.77. The Morgan fingerprint density at radius 3 is 2.23 bits per heavy atom. The number of nitrogens with one attached hydrogen (secondary N) is 1. The van der Waals surface area contributed by atoms with Crippen LogP contribution in [0.1, 0.15) is 29.8 Å². The lowest BCUT2D eigenvalue weighted by Crippen LogP contribution is -2.26. The Balaban J connectivity index is 1.73. The molecule has 0 saturated heterocycles. The first kappa shape index (κ1) is 22.4. The quantitative estimate of drug-likeness (QED) is 0.572. The summed E-state index contributed by atoms with van der Waals surface area (Å²) in [4.78, 5) is 12.8. The first-order valence-corrected chi connectivity index (χ1v) is 11.3. The number of hydrogen-bond donors (Lipinski definition) is 1. The minimum absolute atomic E-state index is 0.0340.